The summed E-state index contributed by atoms with van der Waals surface area (Å²) >= 11 is 0. The van der Waals surface area contributed by atoms with Crippen LogP contribution in [0.5, 0.6) is 0 Å². The molecule has 0 amide bonds. The first-order valence-electron chi connectivity index (χ1n) is 4.51. The number of rotatable bonds is 2. The van der Waals surface area contributed by atoms with Crippen molar-refractivity contribution >= 4 is 5.97 Å². The van der Waals surface area contributed by atoms with E-state index in [9.17, 15) is 4.79 Å². The second-order valence-electron chi connectivity index (χ2n) is 3.54. The van der Waals surface area contributed by atoms with Crippen LogP contribution in [-0.4, -0.2) is 12.6 Å². The molecule has 0 aromatic rings. The molecule has 11 heavy (non-hydrogen) atoms. The number of hydrogen-bond donors (Lipinski definition) is 0. The maximum Gasteiger partial charge on any atom is 0.309 e. The number of fused-ring (bicyclic) bond motifs is 1. The molecular formula is C9H14O2. The number of ether oxygens (including phenoxy) is 1. The predicted molar refractivity (Wildman–Crippen MR) is 41.0 cm³/mol. The van der Waals surface area contributed by atoms with Crippen LogP contribution in [0.4, 0.5) is 0 Å². The van der Waals surface area contributed by atoms with Crippen LogP contribution in [0.25, 0.3) is 0 Å². The Labute approximate surface area is 66.9 Å². The molecule has 0 radical (unpaired) electrons. The molecule has 2 aliphatic rings. The lowest BCUT2D eigenvalue weighted by Gasteiger charge is -2.01. The van der Waals surface area contributed by atoms with E-state index in [1.54, 1.807) is 0 Å². The van der Waals surface area contributed by atoms with Crippen molar-refractivity contribution in [3.63, 3.8) is 0 Å². The van der Waals surface area contributed by atoms with Gasteiger partial charge in [-0.1, -0.05) is 6.42 Å². The lowest BCUT2D eigenvalue weighted by molar-refractivity contribution is -0.145. The minimum atomic E-state index is 0.0576. The van der Waals surface area contributed by atoms with Crippen LogP contribution < -0.4 is 0 Å². The van der Waals surface area contributed by atoms with Crippen molar-refractivity contribution in [3.05, 3.63) is 0 Å². The van der Waals surface area contributed by atoms with Crippen molar-refractivity contribution in [2.45, 2.75) is 26.2 Å². The van der Waals surface area contributed by atoms with E-state index in [0.29, 0.717) is 24.4 Å². The molecule has 0 heterocycles. The van der Waals surface area contributed by atoms with Gasteiger partial charge in [0.05, 0.1) is 12.5 Å². The van der Waals surface area contributed by atoms with E-state index in [1.165, 1.54) is 19.3 Å². The summed E-state index contributed by atoms with van der Waals surface area (Å²) in [6.45, 7) is 2.41. The Balaban J connectivity index is 1.85. The van der Waals surface area contributed by atoms with Gasteiger partial charge in [-0.2, -0.15) is 0 Å². The molecule has 0 saturated heterocycles. The fraction of sp³-hybridized carbons (Fsp3) is 0.889. The van der Waals surface area contributed by atoms with Gasteiger partial charge in [-0.3, -0.25) is 4.79 Å². The molecule has 62 valence electrons. The van der Waals surface area contributed by atoms with E-state index >= 15 is 0 Å². The molecule has 0 N–H and O–H groups in total. The number of carbonyl (C=O) groups excluding carboxylic acids is 1. The van der Waals surface area contributed by atoms with Crippen molar-refractivity contribution in [1.82, 2.24) is 0 Å². The number of esters is 1. The van der Waals surface area contributed by atoms with Crippen LogP contribution in [0.15, 0.2) is 0 Å². The lowest BCUT2D eigenvalue weighted by Crippen LogP contribution is -2.09. The summed E-state index contributed by atoms with van der Waals surface area (Å²) in [6.07, 6.45) is 3.84. The fourth-order valence-electron chi connectivity index (χ4n) is 2.41. The predicted octanol–water partition coefficient (Wildman–Crippen LogP) is 1.60. The lowest BCUT2D eigenvalue weighted by atomic mass is 10.1. The third kappa shape index (κ3) is 1.05. The van der Waals surface area contributed by atoms with E-state index < -0.39 is 0 Å². The van der Waals surface area contributed by atoms with Crippen molar-refractivity contribution in [2.24, 2.45) is 17.8 Å². The molecule has 0 aromatic heterocycles. The van der Waals surface area contributed by atoms with Crippen molar-refractivity contribution in [1.29, 1.82) is 0 Å². The summed E-state index contributed by atoms with van der Waals surface area (Å²) in [5.41, 5.74) is 0. The molecule has 2 rings (SSSR count). The number of carbonyl (C=O) groups is 1. The molecule has 0 aliphatic heterocycles. The highest BCUT2D eigenvalue weighted by atomic mass is 16.5. The van der Waals surface area contributed by atoms with Gasteiger partial charge in [-0.05, 0) is 31.6 Å². The van der Waals surface area contributed by atoms with Gasteiger partial charge in [0.1, 0.15) is 0 Å². The molecule has 2 aliphatic carbocycles. The maximum absolute atomic E-state index is 11.2. The van der Waals surface area contributed by atoms with Crippen molar-refractivity contribution in [3.8, 4) is 0 Å². The van der Waals surface area contributed by atoms with Crippen LogP contribution in [0.1, 0.15) is 26.2 Å². The van der Waals surface area contributed by atoms with Crippen LogP contribution in [0, 0.1) is 17.8 Å². The maximum atomic E-state index is 11.2. The van der Waals surface area contributed by atoms with Gasteiger partial charge >= 0.3 is 5.97 Å². The molecule has 2 nitrogen and oxygen atoms in total. The number of hydrogen-bond acceptors (Lipinski definition) is 2. The minimum absolute atomic E-state index is 0.0576. The zero-order valence-electron chi connectivity index (χ0n) is 6.88. The smallest absolute Gasteiger partial charge is 0.309 e. The molecule has 2 heteroatoms. The van der Waals surface area contributed by atoms with Gasteiger partial charge in [0.15, 0.2) is 0 Å². The third-order valence-corrected chi connectivity index (χ3v) is 2.97. The van der Waals surface area contributed by atoms with Gasteiger partial charge in [-0.25, -0.2) is 0 Å². The standard InChI is InChI=1S/C9H14O2/c1-2-11-9(10)8-6-4-3-5-7(6)8/h6-8H,2-5H2,1H3/t6-,7?,8?/m0/s1. The first kappa shape index (κ1) is 7.14. The fourth-order valence-corrected chi connectivity index (χ4v) is 2.41. The highest BCUT2D eigenvalue weighted by Crippen LogP contribution is 2.57. The van der Waals surface area contributed by atoms with Gasteiger partial charge in [0.2, 0.25) is 0 Å². The van der Waals surface area contributed by atoms with Gasteiger partial charge in [0, 0.05) is 0 Å². The monoisotopic (exact) mass is 154 g/mol. The van der Waals surface area contributed by atoms with E-state index in [0.717, 1.165) is 0 Å². The second-order valence-corrected chi connectivity index (χ2v) is 3.54. The topological polar surface area (TPSA) is 26.3 Å². The Bertz CT molecular complexity index is 166. The van der Waals surface area contributed by atoms with Crippen LogP contribution in [0.2, 0.25) is 0 Å². The van der Waals surface area contributed by atoms with Crippen LogP contribution in [-0.2, 0) is 9.53 Å². The van der Waals surface area contributed by atoms with E-state index in [4.69, 9.17) is 4.74 Å². The SMILES string of the molecule is CCOC(=O)C1C2CCC[C@@H]21. The Hall–Kier alpha value is -0.530. The Morgan fingerprint density at radius 3 is 2.64 bits per heavy atom. The molecule has 2 fully saturated rings. The summed E-state index contributed by atoms with van der Waals surface area (Å²) in [5, 5.41) is 0. The molecule has 0 aromatic carbocycles. The zero-order chi connectivity index (χ0) is 7.84. The highest BCUT2D eigenvalue weighted by molar-refractivity contribution is 5.76. The molecule has 3 atom stereocenters. The summed E-state index contributed by atoms with van der Waals surface area (Å²) in [6, 6.07) is 0. The van der Waals surface area contributed by atoms with Crippen LogP contribution in [0.3, 0.4) is 0 Å². The van der Waals surface area contributed by atoms with Gasteiger partial charge < -0.3 is 4.74 Å². The Kier molecular flexibility index (Phi) is 1.63. The van der Waals surface area contributed by atoms with E-state index in [-0.39, 0.29) is 5.97 Å². The Morgan fingerprint density at radius 1 is 1.45 bits per heavy atom. The average molecular weight is 154 g/mol. The summed E-state index contributed by atoms with van der Waals surface area (Å²) < 4.78 is 4.96. The molecule has 0 spiro atoms. The zero-order valence-corrected chi connectivity index (χ0v) is 6.88. The average Bonchev–Trinajstić information content (AvgIpc) is 2.47. The summed E-state index contributed by atoms with van der Waals surface area (Å²) in [5.74, 6) is 1.76. The molecule has 2 saturated carbocycles. The first-order chi connectivity index (χ1) is 5.34. The van der Waals surface area contributed by atoms with Gasteiger partial charge in [-0.15, -0.1) is 0 Å². The van der Waals surface area contributed by atoms with Gasteiger partial charge in [0.25, 0.3) is 0 Å². The first-order valence-corrected chi connectivity index (χ1v) is 4.51. The quantitative estimate of drug-likeness (QED) is 0.565. The summed E-state index contributed by atoms with van der Waals surface area (Å²) in [4.78, 5) is 11.2. The second kappa shape index (κ2) is 2.50. The molecule has 0 bridgehead atoms. The normalized spacial score (nSPS) is 39.9. The van der Waals surface area contributed by atoms with Crippen molar-refractivity contribution < 1.29 is 9.53 Å². The van der Waals surface area contributed by atoms with E-state index in [2.05, 4.69) is 0 Å². The highest BCUT2D eigenvalue weighted by Gasteiger charge is 2.57. The third-order valence-electron chi connectivity index (χ3n) is 2.97. The largest absolute Gasteiger partial charge is 0.466 e. The minimum Gasteiger partial charge on any atom is -0.466 e. The van der Waals surface area contributed by atoms with Crippen LogP contribution >= 0.6 is 0 Å². The van der Waals surface area contributed by atoms with E-state index in [1.807, 2.05) is 6.92 Å². The molecular weight excluding hydrogens is 140 g/mol. The Morgan fingerprint density at radius 2 is 2.09 bits per heavy atom. The molecule has 2 unspecified atom stereocenters. The van der Waals surface area contributed by atoms with Crippen molar-refractivity contribution in [2.75, 3.05) is 6.61 Å². The summed E-state index contributed by atoms with van der Waals surface area (Å²) in [7, 11) is 0.